The summed E-state index contributed by atoms with van der Waals surface area (Å²) < 4.78 is 60.0. The second kappa shape index (κ2) is 11.7. The van der Waals surface area contributed by atoms with Crippen molar-refractivity contribution in [3.05, 3.63) is 77.0 Å². The van der Waals surface area contributed by atoms with Crippen LogP contribution >= 0.6 is 0 Å². The minimum absolute atomic E-state index is 0.0750. The number of benzene rings is 2. The van der Waals surface area contributed by atoms with E-state index in [0.717, 1.165) is 33.5 Å². The Morgan fingerprint density at radius 1 is 1.05 bits per heavy atom. The van der Waals surface area contributed by atoms with Crippen molar-refractivity contribution in [3.63, 3.8) is 0 Å². The van der Waals surface area contributed by atoms with Crippen LogP contribution in [0.5, 0.6) is 11.6 Å². The number of carbonyl (C=O) groups is 1. The number of rotatable bonds is 10. The lowest BCUT2D eigenvalue weighted by Gasteiger charge is -2.22. The first-order chi connectivity index (χ1) is 18.4. The Bertz CT molecular complexity index is 1540. The standard InChI is InChI=1S/C28H32N2O7S2/c1-19-14-27(36-12-5-13-38(3,32)33)29-20(2)28(19)23-7-4-6-21(15-23)17-37-25-10-8-22(9-11-25)24-16-26(31)30-39(34,35)18-24/h4,6-11,14-15,24H,5,12-13,16-18H2,1-3H3,(H,30,31). The number of sulfone groups is 1. The first-order valence-electron chi connectivity index (χ1n) is 12.5. The number of aromatic nitrogens is 1. The number of amides is 1. The van der Waals surface area contributed by atoms with Crippen LogP contribution < -0.4 is 14.2 Å². The van der Waals surface area contributed by atoms with E-state index >= 15 is 0 Å². The molecule has 39 heavy (non-hydrogen) atoms. The lowest BCUT2D eigenvalue weighted by Crippen LogP contribution is -2.40. The Morgan fingerprint density at radius 2 is 1.79 bits per heavy atom. The summed E-state index contributed by atoms with van der Waals surface area (Å²) in [5, 5.41) is 0. The van der Waals surface area contributed by atoms with Crippen molar-refractivity contribution < 1.29 is 31.1 Å². The van der Waals surface area contributed by atoms with Gasteiger partial charge in [-0.3, -0.25) is 9.52 Å². The molecular formula is C28H32N2O7S2. The molecule has 11 heteroatoms. The minimum Gasteiger partial charge on any atom is -0.489 e. The van der Waals surface area contributed by atoms with E-state index in [-0.39, 0.29) is 30.5 Å². The number of nitrogens with one attached hydrogen (secondary N) is 1. The van der Waals surface area contributed by atoms with Crippen LogP contribution in [0.25, 0.3) is 11.1 Å². The molecule has 2 aromatic carbocycles. The summed E-state index contributed by atoms with van der Waals surface area (Å²) in [6, 6.07) is 17.0. The van der Waals surface area contributed by atoms with Gasteiger partial charge in [-0.15, -0.1) is 0 Å². The van der Waals surface area contributed by atoms with Gasteiger partial charge in [0.1, 0.15) is 22.2 Å². The molecule has 9 nitrogen and oxygen atoms in total. The summed E-state index contributed by atoms with van der Waals surface area (Å²) in [4.78, 5) is 16.3. The predicted molar refractivity (Wildman–Crippen MR) is 149 cm³/mol. The molecule has 208 valence electrons. The number of nitrogens with zero attached hydrogens (tertiary/aromatic N) is 1. The summed E-state index contributed by atoms with van der Waals surface area (Å²) in [5.74, 6) is 0.203. The van der Waals surface area contributed by atoms with E-state index < -0.39 is 25.8 Å². The molecule has 0 bridgehead atoms. The Kier molecular flexibility index (Phi) is 8.60. The highest BCUT2D eigenvalue weighted by molar-refractivity contribution is 7.90. The molecule has 1 aliphatic heterocycles. The van der Waals surface area contributed by atoms with Gasteiger partial charge < -0.3 is 9.47 Å². The van der Waals surface area contributed by atoms with Gasteiger partial charge in [0, 0.05) is 35.9 Å². The average Bonchev–Trinajstić information content (AvgIpc) is 2.84. The third-order valence-corrected chi connectivity index (χ3v) is 8.79. The van der Waals surface area contributed by atoms with Crippen molar-refractivity contribution in [2.75, 3.05) is 24.4 Å². The first kappa shape index (κ1) is 28.6. The molecule has 2 heterocycles. The number of hydrogen-bond donors (Lipinski definition) is 1. The van der Waals surface area contributed by atoms with Crippen LogP contribution in [0.4, 0.5) is 0 Å². The average molecular weight is 573 g/mol. The topological polar surface area (TPSA) is 129 Å². The summed E-state index contributed by atoms with van der Waals surface area (Å²) in [6.07, 6.45) is 1.75. The van der Waals surface area contributed by atoms with Crippen LogP contribution in [0, 0.1) is 13.8 Å². The molecular weight excluding hydrogens is 540 g/mol. The summed E-state index contributed by atoms with van der Waals surface area (Å²) >= 11 is 0. The van der Waals surface area contributed by atoms with Crippen molar-refractivity contribution in [2.24, 2.45) is 0 Å². The highest BCUT2D eigenvalue weighted by Gasteiger charge is 2.30. The SMILES string of the molecule is Cc1cc(OCCCS(C)(=O)=O)nc(C)c1-c1cccc(COc2ccc(C3CC(=O)NS(=O)(=O)C3)cc2)c1. The summed E-state index contributed by atoms with van der Waals surface area (Å²) in [5.41, 5.74) is 5.54. The van der Waals surface area contributed by atoms with Crippen molar-refractivity contribution in [1.29, 1.82) is 0 Å². The molecule has 0 saturated carbocycles. The van der Waals surface area contributed by atoms with Crippen molar-refractivity contribution in [3.8, 4) is 22.8 Å². The fourth-order valence-corrected chi connectivity index (χ4v) is 6.64. The monoisotopic (exact) mass is 572 g/mol. The van der Waals surface area contributed by atoms with E-state index in [1.165, 1.54) is 6.26 Å². The van der Waals surface area contributed by atoms with Crippen molar-refractivity contribution in [2.45, 2.75) is 39.2 Å². The highest BCUT2D eigenvalue weighted by Crippen LogP contribution is 2.30. The smallest absolute Gasteiger partial charge is 0.235 e. The largest absolute Gasteiger partial charge is 0.489 e. The second-order valence-electron chi connectivity index (χ2n) is 9.84. The second-order valence-corrected chi connectivity index (χ2v) is 13.9. The van der Waals surface area contributed by atoms with Crippen molar-refractivity contribution >= 4 is 25.8 Å². The van der Waals surface area contributed by atoms with E-state index in [1.54, 1.807) is 24.3 Å². The Balaban J connectivity index is 1.39. The number of hydrogen-bond acceptors (Lipinski definition) is 8. The zero-order valence-electron chi connectivity index (χ0n) is 22.1. The molecule has 1 fully saturated rings. The molecule has 1 aromatic heterocycles. The summed E-state index contributed by atoms with van der Waals surface area (Å²) in [6.45, 7) is 4.51. The molecule has 3 aromatic rings. The maximum atomic E-state index is 11.9. The number of ether oxygens (including phenoxy) is 2. The van der Waals surface area contributed by atoms with Crippen LogP contribution in [-0.4, -0.2) is 52.1 Å². The molecule has 1 aliphatic rings. The lowest BCUT2D eigenvalue weighted by atomic mass is 9.97. The van der Waals surface area contributed by atoms with Gasteiger partial charge in [0.15, 0.2) is 0 Å². The van der Waals surface area contributed by atoms with E-state index in [4.69, 9.17) is 9.47 Å². The van der Waals surface area contributed by atoms with Gasteiger partial charge in [-0.05, 0) is 60.7 Å². The Morgan fingerprint density at radius 3 is 2.46 bits per heavy atom. The van der Waals surface area contributed by atoms with Crippen LogP contribution in [0.3, 0.4) is 0 Å². The van der Waals surface area contributed by atoms with Gasteiger partial charge in [-0.1, -0.05) is 30.3 Å². The van der Waals surface area contributed by atoms with Gasteiger partial charge in [0.25, 0.3) is 0 Å². The fraction of sp³-hybridized carbons (Fsp3) is 0.357. The molecule has 0 radical (unpaired) electrons. The maximum absolute atomic E-state index is 11.9. The van der Waals surface area contributed by atoms with Gasteiger partial charge >= 0.3 is 0 Å². The molecule has 1 amide bonds. The highest BCUT2D eigenvalue weighted by atomic mass is 32.2. The Labute approximate surface area is 229 Å². The van der Waals surface area contributed by atoms with E-state index in [2.05, 4.69) is 4.98 Å². The molecule has 1 atom stereocenters. The van der Waals surface area contributed by atoms with E-state index in [0.29, 0.717) is 24.7 Å². The fourth-order valence-electron chi connectivity index (χ4n) is 4.64. The zero-order chi connectivity index (χ0) is 28.2. The Hall–Kier alpha value is -3.44. The molecule has 1 unspecified atom stereocenters. The van der Waals surface area contributed by atoms with Gasteiger partial charge in [-0.2, -0.15) is 0 Å². The lowest BCUT2D eigenvalue weighted by molar-refractivity contribution is -0.119. The van der Waals surface area contributed by atoms with Gasteiger partial charge in [0.2, 0.25) is 21.8 Å². The number of sulfonamides is 1. The third kappa shape index (κ3) is 8.03. The van der Waals surface area contributed by atoms with Gasteiger partial charge in [-0.25, -0.2) is 21.8 Å². The normalized spacial score (nSPS) is 16.9. The van der Waals surface area contributed by atoms with Crippen LogP contribution in [0.2, 0.25) is 0 Å². The quantitative estimate of drug-likeness (QED) is 0.364. The van der Waals surface area contributed by atoms with E-state index in [1.807, 2.05) is 48.9 Å². The number of pyridine rings is 1. The molecule has 1 N–H and O–H groups in total. The van der Waals surface area contributed by atoms with Crippen LogP contribution in [-0.2, 0) is 31.3 Å². The number of aryl methyl sites for hydroxylation is 2. The number of carbonyl (C=O) groups excluding carboxylic acids is 1. The predicted octanol–water partition coefficient (Wildman–Crippen LogP) is 3.69. The maximum Gasteiger partial charge on any atom is 0.235 e. The van der Waals surface area contributed by atoms with E-state index in [9.17, 15) is 21.6 Å². The minimum atomic E-state index is -3.59. The third-order valence-electron chi connectivity index (χ3n) is 6.38. The molecule has 0 aliphatic carbocycles. The summed E-state index contributed by atoms with van der Waals surface area (Å²) in [7, 11) is -6.61. The van der Waals surface area contributed by atoms with Crippen LogP contribution in [0.15, 0.2) is 54.6 Å². The van der Waals surface area contributed by atoms with Crippen molar-refractivity contribution in [1.82, 2.24) is 9.71 Å². The first-order valence-corrected chi connectivity index (χ1v) is 16.2. The zero-order valence-corrected chi connectivity index (χ0v) is 23.8. The van der Waals surface area contributed by atoms with Gasteiger partial charge in [0.05, 0.1) is 18.1 Å². The molecule has 4 rings (SSSR count). The molecule has 0 spiro atoms. The molecule has 1 saturated heterocycles. The van der Waals surface area contributed by atoms with Crippen LogP contribution in [0.1, 0.15) is 41.1 Å².